The molecule has 2 rings (SSSR count). The van der Waals surface area contributed by atoms with Gasteiger partial charge in [0, 0.05) is 24.0 Å². The molecular formula is C17H14N2O. The second-order valence-corrected chi connectivity index (χ2v) is 4.00. The van der Waals surface area contributed by atoms with E-state index in [1.165, 1.54) is 6.08 Å². The molecule has 3 heteroatoms. The summed E-state index contributed by atoms with van der Waals surface area (Å²) >= 11 is 0. The van der Waals surface area contributed by atoms with E-state index in [1.54, 1.807) is 18.5 Å². The van der Waals surface area contributed by atoms with Crippen molar-refractivity contribution < 1.29 is 4.79 Å². The van der Waals surface area contributed by atoms with Crippen LogP contribution in [0.1, 0.15) is 11.1 Å². The lowest BCUT2D eigenvalue weighted by Crippen LogP contribution is -2.20. The van der Waals surface area contributed by atoms with Crippen LogP contribution in [0.15, 0.2) is 60.9 Å². The van der Waals surface area contributed by atoms with Crippen molar-refractivity contribution in [2.45, 2.75) is 0 Å². The maximum Gasteiger partial charge on any atom is 0.244 e. The van der Waals surface area contributed by atoms with Gasteiger partial charge >= 0.3 is 0 Å². The van der Waals surface area contributed by atoms with Crippen LogP contribution in [0, 0.1) is 11.8 Å². The number of nitrogens with one attached hydrogen (secondary N) is 1. The summed E-state index contributed by atoms with van der Waals surface area (Å²) in [6, 6.07) is 13.3. The van der Waals surface area contributed by atoms with Crippen LogP contribution < -0.4 is 5.32 Å². The topological polar surface area (TPSA) is 42.0 Å². The molecule has 0 bridgehead atoms. The maximum atomic E-state index is 11.5. The fourth-order valence-electron chi connectivity index (χ4n) is 1.50. The van der Waals surface area contributed by atoms with Crippen molar-refractivity contribution in [3.05, 3.63) is 72.1 Å². The Morgan fingerprint density at radius 3 is 2.65 bits per heavy atom. The molecule has 20 heavy (non-hydrogen) atoms. The second-order valence-electron chi connectivity index (χ2n) is 4.00. The zero-order valence-electron chi connectivity index (χ0n) is 10.9. The van der Waals surface area contributed by atoms with Gasteiger partial charge in [-0.15, -0.1) is 0 Å². The first-order valence-corrected chi connectivity index (χ1v) is 6.24. The van der Waals surface area contributed by atoms with Crippen LogP contribution in [0.25, 0.3) is 6.08 Å². The average molecular weight is 262 g/mol. The zero-order valence-corrected chi connectivity index (χ0v) is 10.9. The highest BCUT2D eigenvalue weighted by molar-refractivity contribution is 5.91. The molecule has 0 spiro atoms. The number of hydrogen-bond acceptors (Lipinski definition) is 2. The van der Waals surface area contributed by atoms with Crippen molar-refractivity contribution in [3.63, 3.8) is 0 Å². The fraction of sp³-hybridized carbons (Fsp3) is 0.0588. The molecule has 1 amide bonds. The van der Waals surface area contributed by atoms with E-state index in [1.807, 2.05) is 42.5 Å². The number of nitrogens with zero attached hydrogens (tertiary/aromatic N) is 1. The van der Waals surface area contributed by atoms with Gasteiger partial charge in [-0.05, 0) is 35.9 Å². The summed E-state index contributed by atoms with van der Waals surface area (Å²) in [6.45, 7) is 0.328. The third-order valence-corrected chi connectivity index (χ3v) is 2.49. The molecule has 1 N–H and O–H groups in total. The van der Waals surface area contributed by atoms with Crippen LogP contribution in [0.2, 0.25) is 0 Å². The highest BCUT2D eigenvalue weighted by Gasteiger charge is 1.92. The molecule has 0 radical (unpaired) electrons. The fourth-order valence-corrected chi connectivity index (χ4v) is 1.50. The molecule has 0 unspecified atom stereocenters. The van der Waals surface area contributed by atoms with Crippen LogP contribution in [0.5, 0.6) is 0 Å². The van der Waals surface area contributed by atoms with Gasteiger partial charge in [0.25, 0.3) is 0 Å². The van der Waals surface area contributed by atoms with E-state index in [9.17, 15) is 4.79 Å². The van der Waals surface area contributed by atoms with Crippen molar-refractivity contribution in [1.82, 2.24) is 10.3 Å². The molecule has 2 aromatic rings. The van der Waals surface area contributed by atoms with Crippen molar-refractivity contribution in [1.29, 1.82) is 0 Å². The monoisotopic (exact) mass is 262 g/mol. The molecule has 0 saturated heterocycles. The van der Waals surface area contributed by atoms with Gasteiger partial charge in [0.1, 0.15) is 0 Å². The van der Waals surface area contributed by atoms with E-state index in [4.69, 9.17) is 0 Å². The molecule has 1 aromatic carbocycles. The van der Waals surface area contributed by atoms with Crippen LogP contribution >= 0.6 is 0 Å². The van der Waals surface area contributed by atoms with Crippen LogP contribution in [-0.2, 0) is 4.79 Å². The van der Waals surface area contributed by atoms with Crippen LogP contribution in [-0.4, -0.2) is 17.4 Å². The molecule has 0 fully saturated rings. The number of amides is 1. The molecule has 0 aliphatic carbocycles. The van der Waals surface area contributed by atoms with Crippen LogP contribution in [0.4, 0.5) is 0 Å². The molecule has 0 aliphatic heterocycles. The summed E-state index contributed by atoms with van der Waals surface area (Å²) < 4.78 is 0. The van der Waals surface area contributed by atoms with Gasteiger partial charge in [-0.2, -0.15) is 0 Å². The molecule has 0 saturated carbocycles. The second kappa shape index (κ2) is 7.55. The molecule has 3 nitrogen and oxygen atoms in total. The van der Waals surface area contributed by atoms with E-state index < -0.39 is 0 Å². The first kappa shape index (κ1) is 13.6. The Morgan fingerprint density at radius 2 is 1.90 bits per heavy atom. The summed E-state index contributed by atoms with van der Waals surface area (Å²) in [5.74, 6) is 5.72. The van der Waals surface area contributed by atoms with Gasteiger partial charge < -0.3 is 5.32 Å². The summed E-state index contributed by atoms with van der Waals surface area (Å²) in [4.78, 5) is 15.5. The Balaban J connectivity index is 1.79. The quantitative estimate of drug-likeness (QED) is 0.681. The van der Waals surface area contributed by atoms with Crippen LogP contribution in [0.3, 0.4) is 0 Å². The van der Waals surface area contributed by atoms with Crippen molar-refractivity contribution >= 4 is 12.0 Å². The predicted octanol–water partition coefficient (Wildman–Crippen LogP) is 2.26. The zero-order chi connectivity index (χ0) is 14.0. The number of benzene rings is 1. The van der Waals surface area contributed by atoms with E-state index >= 15 is 0 Å². The van der Waals surface area contributed by atoms with Gasteiger partial charge in [-0.25, -0.2) is 0 Å². The lowest BCUT2D eigenvalue weighted by Gasteiger charge is -1.95. The van der Waals surface area contributed by atoms with E-state index in [-0.39, 0.29) is 5.91 Å². The SMILES string of the molecule is O=C(/C=C/c1ccncc1)NCC#Cc1ccccc1. The molecular weight excluding hydrogens is 248 g/mol. The number of carbonyl (C=O) groups excluding carboxylic acids is 1. The smallest absolute Gasteiger partial charge is 0.244 e. The van der Waals surface area contributed by atoms with Crippen molar-refractivity contribution in [2.24, 2.45) is 0 Å². The number of rotatable bonds is 3. The predicted molar refractivity (Wildman–Crippen MR) is 79.6 cm³/mol. The average Bonchev–Trinajstić information content (AvgIpc) is 2.52. The minimum Gasteiger partial charge on any atom is -0.342 e. The first-order valence-electron chi connectivity index (χ1n) is 6.24. The number of hydrogen-bond donors (Lipinski definition) is 1. The van der Waals surface area contributed by atoms with Gasteiger partial charge in [-0.1, -0.05) is 30.0 Å². The Morgan fingerprint density at radius 1 is 1.15 bits per heavy atom. The highest BCUT2D eigenvalue weighted by atomic mass is 16.1. The first-order chi connectivity index (χ1) is 9.84. The van der Waals surface area contributed by atoms with Crippen molar-refractivity contribution in [3.8, 4) is 11.8 Å². The molecule has 0 aliphatic rings. The molecule has 98 valence electrons. The summed E-state index contributed by atoms with van der Waals surface area (Å²) in [6.07, 6.45) is 6.59. The van der Waals surface area contributed by atoms with Gasteiger partial charge in [0.2, 0.25) is 5.91 Å². The Bertz CT molecular complexity index is 637. The largest absolute Gasteiger partial charge is 0.342 e. The van der Waals surface area contributed by atoms with Gasteiger partial charge in [-0.3, -0.25) is 9.78 Å². The summed E-state index contributed by atoms with van der Waals surface area (Å²) in [7, 11) is 0. The third-order valence-electron chi connectivity index (χ3n) is 2.49. The van der Waals surface area contributed by atoms with E-state index in [0.29, 0.717) is 6.54 Å². The molecule has 1 aromatic heterocycles. The number of pyridine rings is 1. The maximum absolute atomic E-state index is 11.5. The molecule has 0 atom stereocenters. The highest BCUT2D eigenvalue weighted by Crippen LogP contribution is 1.98. The Hall–Kier alpha value is -2.86. The minimum absolute atomic E-state index is 0.163. The Labute approximate surface area is 118 Å². The van der Waals surface area contributed by atoms with Crippen molar-refractivity contribution in [2.75, 3.05) is 6.54 Å². The minimum atomic E-state index is -0.163. The standard InChI is InChI=1S/C17H14N2O/c20-17(9-8-16-10-13-18-14-11-16)19-12-4-7-15-5-2-1-3-6-15/h1-3,5-6,8-11,13-14H,12H2,(H,19,20)/b9-8+. The third kappa shape index (κ3) is 4.79. The lowest BCUT2D eigenvalue weighted by atomic mass is 10.2. The number of aromatic nitrogens is 1. The van der Waals surface area contributed by atoms with E-state index in [2.05, 4.69) is 22.1 Å². The summed E-state index contributed by atoms with van der Waals surface area (Å²) in [5.41, 5.74) is 1.87. The lowest BCUT2D eigenvalue weighted by molar-refractivity contribution is -0.116. The normalized spacial score (nSPS) is 9.80. The number of carbonyl (C=O) groups is 1. The van der Waals surface area contributed by atoms with E-state index in [0.717, 1.165) is 11.1 Å². The molecule has 1 heterocycles. The van der Waals surface area contributed by atoms with Gasteiger partial charge in [0.05, 0.1) is 6.54 Å². The summed E-state index contributed by atoms with van der Waals surface area (Å²) in [5, 5.41) is 2.71. The Kier molecular flexibility index (Phi) is 5.12. The van der Waals surface area contributed by atoms with Gasteiger partial charge in [0.15, 0.2) is 0 Å².